The molecule has 0 fully saturated rings. The molecule has 0 aromatic heterocycles. The molecular weight excluding hydrogens is 195 g/mol. The predicted molar refractivity (Wildman–Crippen MR) is 30.2 cm³/mol. The molecule has 0 aliphatic heterocycles. The van der Waals surface area contributed by atoms with E-state index in [2.05, 4.69) is 23.2 Å². The maximum atomic E-state index is 11.8. The van der Waals surface area contributed by atoms with Gasteiger partial charge in [0.15, 0.2) is 0 Å². The molecule has 0 rings (SSSR count). The Kier molecular flexibility index (Phi) is 3.75. The first-order valence-corrected chi connectivity index (χ1v) is 2.64. The van der Waals surface area contributed by atoms with Crippen molar-refractivity contribution in [2.24, 2.45) is 0 Å². The molecule has 0 heterocycles. The second kappa shape index (κ2) is 3.83. The molecule has 0 aromatic rings. The van der Waals surface area contributed by atoms with Gasteiger partial charge in [0.05, 0.1) is 0 Å². The van der Waals surface area contributed by atoms with Gasteiger partial charge in [0.1, 0.15) is 0 Å². The fourth-order valence-electron chi connectivity index (χ4n) is 0.166. The van der Waals surface area contributed by atoms with E-state index in [1.165, 1.54) is 0 Å². The van der Waals surface area contributed by atoms with Crippen LogP contribution in [0.4, 0.5) is 17.6 Å². The first-order valence-electron chi connectivity index (χ1n) is 1.88. The fraction of sp³-hybridized carbons (Fsp3) is 0. The average Bonchev–Trinajstić information content (AvgIpc) is 1.84. The maximum Gasteiger partial charge on any atom is 0.228 e. The summed E-state index contributed by atoms with van der Waals surface area (Å²) in [5, 5.41) is -3.96. The van der Waals surface area contributed by atoms with Gasteiger partial charge in [-0.3, -0.25) is 0 Å². The van der Waals surface area contributed by atoms with Gasteiger partial charge >= 0.3 is 0 Å². The number of rotatable bonds is 1. The van der Waals surface area contributed by atoms with Crippen LogP contribution < -0.4 is 0 Å². The van der Waals surface area contributed by atoms with Crippen molar-refractivity contribution in [2.45, 2.75) is 0 Å². The Hall–Kier alpha value is -0.220. The first-order chi connectivity index (χ1) is 4.46. The van der Waals surface area contributed by atoms with Gasteiger partial charge in [-0.1, -0.05) is 0 Å². The number of hydrogen-bond donors (Lipinski definition) is 0. The summed E-state index contributed by atoms with van der Waals surface area (Å²) in [5.74, 6) is -4.29. The SMILES string of the molecule is F/C(Cl)=C(F)/C(F)=C(/F)Cl. The lowest BCUT2D eigenvalue weighted by atomic mass is 10.5. The van der Waals surface area contributed by atoms with Crippen LogP contribution in [-0.4, -0.2) is 0 Å². The summed E-state index contributed by atoms with van der Waals surface area (Å²) in [6.45, 7) is 0. The van der Waals surface area contributed by atoms with Crippen LogP contribution in [0.1, 0.15) is 0 Å². The molecule has 0 bridgehead atoms. The van der Waals surface area contributed by atoms with Crippen molar-refractivity contribution in [1.82, 2.24) is 0 Å². The number of allylic oxidation sites excluding steroid dienone is 2. The van der Waals surface area contributed by atoms with Crippen LogP contribution >= 0.6 is 23.2 Å². The van der Waals surface area contributed by atoms with Crippen LogP contribution in [0.5, 0.6) is 0 Å². The zero-order valence-electron chi connectivity index (χ0n) is 4.27. The van der Waals surface area contributed by atoms with E-state index in [1.807, 2.05) is 0 Å². The van der Waals surface area contributed by atoms with Crippen LogP contribution in [0.2, 0.25) is 0 Å². The Bertz CT molecular complexity index is 165. The molecule has 0 aliphatic rings. The van der Waals surface area contributed by atoms with Crippen LogP contribution in [-0.2, 0) is 0 Å². The van der Waals surface area contributed by atoms with E-state index in [0.29, 0.717) is 0 Å². The Morgan fingerprint density at radius 2 is 0.900 bits per heavy atom. The molecular formula is C4Cl2F4. The van der Waals surface area contributed by atoms with E-state index in [9.17, 15) is 17.6 Å². The molecule has 0 N–H and O–H groups in total. The highest BCUT2D eigenvalue weighted by Crippen LogP contribution is 2.26. The molecule has 0 saturated carbocycles. The van der Waals surface area contributed by atoms with Gasteiger partial charge in [-0.2, -0.15) is 17.6 Å². The second-order valence-corrected chi connectivity index (χ2v) is 1.81. The topological polar surface area (TPSA) is 0 Å². The standard InChI is InChI=1S/C4Cl2F4/c5-3(9)1(7)2(8)4(6)10/b3-1-,4-2-. The van der Waals surface area contributed by atoms with Crippen molar-refractivity contribution in [3.63, 3.8) is 0 Å². The first kappa shape index (κ1) is 9.78. The third-order valence-corrected chi connectivity index (χ3v) is 0.856. The van der Waals surface area contributed by atoms with Crippen molar-refractivity contribution in [3.05, 3.63) is 22.2 Å². The summed E-state index contributed by atoms with van der Waals surface area (Å²) in [5.41, 5.74) is 0. The Balaban J connectivity index is 4.71. The Morgan fingerprint density at radius 1 is 0.700 bits per heavy atom. The fourth-order valence-corrected chi connectivity index (χ4v) is 0.332. The van der Waals surface area contributed by atoms with E-state index in [-0.39, 0.29) is 0 Å². The zero-order valence-corrected chi connectivity index (χ0v) is 5.78. The molecule has 0 atom stereocenters. The molecule has 0 saturated heterocycles. The summed E-state index contributed by atoms with van der Waals surface area (Å²) in [7, 11) is 0. The van der Waals surface area contributed by atoms with E-state index in [0.717, 1.165) is 0 Å². The normalized spacial score (nSPS) is 16.2. The smallest absolute Gasteiger partial charge is 0.199 e. The molecule has 58 valence electrons. The quantitative estimate of drug-likeness (QED) is 0.442. The van der Waals surface area contributed by atoms with Gasteiger partial charge in [-0.05, 0) is 23.2 Å². The van der Waals surface area contributed by atoms with Crippen molar-refractivity contribution >= 4 is 23.2 Å². The third kappa shape index (κ3) is 2.58. The highest BCUT2D eigenvalue weighted by Gasteiger charge is 2.14. The van der Waals surface area contributed by atoms with Crippen molar-refractivity contribution in [1.29, 1.82) is 0 Å². The van der Waals surface area contributed by atoms with E-state index in [4.69, 9.17) is 0 Å². The lowest BCUT2D eigenvalue weighted by Gasteiger charge is -1.89. The maximum absolute atomic E-state index is 11.8. The van der Waals surface area contributed by atoms with Crippen LogP contribution in [0.15, 0.2) is 22.2 Å². The van der Waals surface area contributed by atoms with Gasteiger partial charge in [0.25, 0.3) is 0 Å². The summed E-state index contributed by atoms with van der Waals surface area (Å²) in [6, 6.07) is 0. The summed E-state index contributed by atoms with van der Waals surface area (Å²) < 4.78 is 46.5. The molecule has 0 aromatic carbocycles. The lowest BCUT2D eigenvalue weighted by Crippen LogP contribution is -1.77. The largest absolute Gasteiger partial charge is 0.228 e. The molecule has 0 spiro atoms. The number of halogens is 6. The highest BCUT2D eigenvalue weighted by molar-refractivity contribution is 6.30. The molecule has 0 unspecified atom stereocenters. The third-order valence-electron chi connectivity index (χ3n) is 0.525. The van der Waals surface area contributed by atoms with Gasteiger partial charge in [-0.25, -0.2) is 0 Å². The van der Waals surface area contributed by atoms with Crippen LogP contribution in [0.3, 0.4) is 0 Å². The van der Waals surface area contributed by atoms with Crippen molar-refractivity contribution in [2.75, 3.05) is 0 Å². The van der Waals surface area contributed by atoms with Crippen molar-refractivity contribution in [3.8, 4) is 0 Å². The zero-order chi connectivity index (χ0) is 8.31. The number of hydrogen-bond acceptors (Lipinski definition) is 0. The monoisotopic (exact) mass is 194 g/mol. The second-order valence-electron chi connectivity index (χ2n) is 1.15. The lowest BCUT2D eigenvalue weighted by molar-refractivity contribution is 0.489. The van der Waals surface area contributed by atoms with E-state index in [1.54, 1.807) is 0 Å². The Morgan fingerprint density at radius 3 is 1.00 bits per heavy atom. The summed E-state index contributed by atoms with van der Waals surface area (Å²) in [6.07, 6.45) is 0. The summed E-state index contributed by atoms with van der Waals surface area (Å²) >= 11 is 8.61. The highest BCUT2D eigenvalue weighted by atomic mass is 35.5. The van der Waals surface area contributed by atoms with Gasteiger partial charge in [0.2, 0.25) is 22.2 Å². The van der Waals surface area contributed by atoms with Gasteiger partial charge in [0, 0.05) is 0 Å². The molecule has 0 nitrogen and oxygen atoms in total. The van der Waals surface area contributed by atoms with Gasteiger partial charge < -0.3 is 0 Å². The van der Waals surface area contributed by atoms with Gasteiger partial charge in [-0.15, -0.1) is 0 Å². The van der Waals surface area contributed by atoms with Crippen LogP contribution in [0.25, 0.3) is 0 Å². The van der Waals surface area contributed by atoms with Crippen molar-refractivity contribution < 1.29 is 17.6 Å². The van der Waals surface area contributed by atoms with E-state index >= 15 is 0 Å². The van der Waals surface area contributed by atoms with E-state index < -0.39 is 22.2 Å². The minimum atomic E-state index is -2.14. The predicted octanol–water partition coefficient (Wildman–Crippen LogP) is 3.68. The molecule has 0 radical (unpaired) electrons. The summed E-state index contributed by atoms with van der Waals surface area (Å²) in [4.78, 5) is 0. The molecule has 10 heavy (non-hydrogen) atoms. The minimum absolute atomic E-state index is 1.98. The molecule has 0 aliphatic carbocycles. The molecule has 6 heteroatoms. The van der Waals surface area contributed by atoms with Crippen LogP contribution in [0, 0.1) is 0 Å². The minimum Gasteiger partial charge on any atom is -0.199 e. The average molecular weight is 195 g/mol. The molecule has 0 amide bonds. The Labute approximate surface area is 63.7 Å².